The van der Waals surface area contributed by atoms with Crippen LogP contribution in [-0.2, 0) is 22.6 Å². The molecule has 3 aromatic rings. The monoisotopic (exact) mass is 542 g/mol. The highest BCUT2D eigenvalue weighted by Crippen LogP contribution is 2.23. The van der Waals surface area contributed by atoms with Crippen molar-refractivity contribution in [2.24, 2.45) is 0 Å². The van der Waals surface area contributed by atoms with Crippen LogP contribution in [0.4, 0.5) is 0 Å². The maximum absolute atomic E-state index is 13.6. The molecule has 36 heavy (non-hydrogen) atoms. The Bertz CT molecular complexity index is 1110. The number of hydrogen-bond donors (Lipinski definition) is 1. The zero-order chi connectivity index (χ0) is 25.8. The Morgan fingerprint density at radius 2 is 1.64 bits per heavy atom. The van der Waals surface area contributed by atoms with Gasteiger partial charge >= 0.3 is 0 Å². The molecule has 0 spiro atoms. The van der Waals surface area contributed by atoms with Gasteiger partial charge in [0, 0.05) is 40.9 Å². The van der Waals surface area contributed by atoms with E-state index in [1.54, 1.807) is 22.7 Å². The van der Waals surface area contributed by atoms with Gasteiger partial charge in [0.2, 0.25) is 11.8 Å². The Morgan fingerprint density at radius 3 is 2.33 bits per heavy atom. The first kappa shape index (κ1) is 28.1. The largest absolute Gasteiger partial charge is 0.354 e. The minimum absolute atomic E-state index is 0.0424. The van der Waals surface area contributed by atoms with Crippen LogP contribution in [0.25, 0.3) is 0 Å². The average Bonchev–Trinajstić information content (AvgIpc) is 2.88. The molecule has 1 N–H and O–H groups in total. The highest BCUT2D eigenvalue weighted by Gasteiger charge is 2.30. The molecule has 0 saturated heterocycles. The molecule has 4 nitrogen and oxygen atoms in total. The van der Waals surface area contributed by atoms with Crippen molar-refractivity contribution in [3.63, 3.8) is 0 Å². The Morgan fingerprint density at radius 1 is 0.917 bits per heavy atom. The van der Waals surface area contributed by atoms with E-state index in [0.29, 0.717) is 42.4 Å². The van der Waals surface area contributed by atoms with Gasteiger partial charge in [-0.2, -0.15) is 0 Å². The first-order valence-corrected chi connectivity index (χ1v) is 13.9. The van der Waals surface area contributed by atoms with E-state index in [1.165, 1.54) is 0 Å². The molecule has 2 amide bonds. The van der Waals surface area contributed by atoms with Gasteiger partial charge in [0.05, 0.1) is 0 Å². The van der Waals surface area contributed by atoms with E-state index in [4.69, 9.17) is 23.2 Å². The molecular formula is C29H32Cl2N2O2S. The molecule has 3 rings (SSSR count). The molecule has 1 atom stereocenters. The quantitative estimate of drug-likeness (QED) is 0.186. The van der Waals surface area contributed by atoms with Crippen molar-refractivity contribution in [1.29, 1.82) is 0 Å². The summed E-state index contributed by atoms with van der Waals surface area (Å²) in [7, 11) is 0. The summed E-state index contributed by atoms with van der Waals surface area (Å²) < 4.78 is 0. The van der Waals surface area contributed by atoms with E-state index in [0.717, 1.165) is 28.2 Å². The van der Waals surface area contributed by atoms with Crippen molar-refractivity contribution in [3.05, 3.63) is 100 Å². The number of amides is 2. The van der Waals surface area contributed by atoms with Crippen molar-refractivity contribution in [2.45, 2.75) is 50.1 Å². The van der Waals surface area contributed by atoms with Gasteiger partial charge in [0.15, 0.2) is 0 Å². The predicted molar refractivity (Wildman–Crippen MR) is 151 cm³/mol. The number of nitrogens with one attached hydrogen (secondary N) is 1. The lowest BCUT2D eigenvalue weighted by atomic mass is 10.0. The van der Waals surface area contributed by atoms with Crippen LogP contribution >= 0.6 is 35.0 Å². The lowest BCUT2D eigenvalue weighted by molar-refractivity contribution is -0.141. The summed E-state index contributed by atoms with van der Waals surface area (Å²) in [5.74, 6) is 0.620. The van der Waals surface area contributed by atoms with E-state index in [9.17, 15) is 9.59 Å². The van der Waals surface area contributed by atoms with Gasteiger partial charge in [0.25, 0.3) is 0 Å². The van der Waals surface area contributed by atoms with Crippen LogP contribution in [0, 0.1) is 0 Å². The zero-order valence-electron chi connectivity index (χ0n) is 20.5. The molecule has 7 heteroatoms. The number of hydrogen-bond acceptors (Lipinski definition) is 3. The second kappa shape index (κ2) is 14.9. The molecule has 0 radical (unpaired) electrons. The minimum atomic E-state index is -0.616. The molecule has 1 unspecified atom stereocenters. The normalized spacial score (nSPS) is 11.6. The highest BCUT2D eigenvalue weighted by atomic mass is 35.5. The Balaban J connectivity index is 1.77. The first-order valence-electron chi connectivity index (χ1n) is 12.2. The molecule has 0 bridgehead atoms. The van der Waals surface area contributed by atoms with Crippen molar-refractivity contribution in [1.82, 2.24) is 10.2 Å². The van der Waals surface area contributed by atoms with Crippen LogP contribution in [-0.4, -0.2) is 35.1 Å². The van der Waals surface area contributed by atoms with Gasteiger partial charge in [-0.3, -0.25) is 9.59 Å². The van der Waals surface area contributed by atoms with Crippen LogP contribution in [0.5, 0.6) is 0 Å². The molecule has 0 saturated carbocycles. The summed E-state index contributed by atoms with van der Waals surface area (Å²) in [6, 6.07) is 24.4. The molecular weight excluding hydrogens is 511 g/mol. The Kier molecular flexibility index (Phi) is 11.7. The SMILES string of the molecule is CCCNC(=O)C(Cc1ccccc1)N(Cc1cccc(Cl)c1)C(=O)CCCSc1ccc(Cl)cc1. The van der Waals surface area contributed by atoms with Crippen LogP contribution in [0.2, 0.25) is 10.0 Å². The molecule has 0 aliphatic rings. The predicted octanol–water partition coefficient (Wildman–Crippen LogP) is 7.03. The second-order valence-corrected chi connectivity index (χ2v) is 10.6. The van der Waals surface area contributed by atoms with Gasteiger partial charge in [-0.1, -0.05) is 72.6 Å². The number of thioether (sulfide) groups is 1. The summed E-state index contributed by atoms with van der Waals surface area (Å²) >= 11 is 13.9. The van der Waals surface area contributed by atoms with Gasteiger partial charge in [0.1, 0.15) is 6.04 Å². The van der Waals surface area contributed by atoms with E-state index < -0.39 is 6.04 Å². The minimum Gasteiger partial charge on any atom is -0.354 e. The standard InChI is InChI=1S/C29H32Cl2N2O2S/c1-2-17-32-29(35)27(20-22-8-4-3-5-9-22)33(21-23-10-6-11-25(31)19-23)28(34)12-7-18-36-26-15-13-24(30)14-16-26/h3-6,8-11,13-16,19,27H,2,7,12,17-18,20-21H2,1H3,(H,32,35). The van der Waals surface area contributed by atoms with Gasteiger partial charge < -0.3 is 10.2 Å². The smallest absolute Gasteiger partial charge is 0.243 e. The number of benzene rings is 3. The number of halogens is 2. The average molecular weight is 544 g/mol. The molecule has 0 aromatic heterocycles. The van der Waals surface area contributed by atoms with Crippen molar-refractivity contribution in [3.8, 4) is 0 Å². The Hall–Kier alpha value is -2.47. The lowest BCUT2D eigenvalue weighted by Gasteiger charge is -2.31. The van der Waals surface area contributed by atoms with Gasteiger partial charge in [-0.15, -0.1) is 11.8 Å². The highest BCUT2D eigenvalue weighted by molar-refractivity contribution is 7.99. The van der Waals surface area contributed by atoms with E-state index >= 15 is 0 Å². The fourth-order valence-electron chi connectivity index (χ4n) is 3.84. The van der Waals surface area contributed by atoms with Crippen LogP contribution < -0.4 is 5.32 Å². The third-order valence-electron chi connectivity index (χ3n) is 5.68. The first-order chi connectivity index (χ1) is 17.5. The molecule has 0 aliphatic carbocycles. The maximum Gasteiger partial charge on any atom is 0.243 e. The van der Waals surface area contributed by atoms with Crippen molar-refractivity contribution < 1.29 is 9.59 Å². The Labute approximate surface area is 228 Å². The summed E-state index contributed by atoms with van der Waals surface area (Å²) in [6.07, 6.45) is 2.33. The van der Waals surface area contributed by atoms with E-state index in [2.05, 4.69) is 5.32 Å². The van der Waals surface area contributed by atoms with Gasteiger partial charge in [-0.05, 0) is 66.1 Å². The topological polar surface area (TPSA) is 49.4 Å². The molecule has 0 heterocycles. The fraction of sp³-hybridized carbons (Fsp3) is 0.310. The zero-order valence-corrected chi connectivity index (χ0v) is 22.8. The summed E-state index contributed by atoms with van der Waals surface area (Å²) in [6.45, 7) is 2.90. The van der Waals surface area contributed by atoms with Crippen LogP contribution in [0.3, 0.4) is 0 Å². The van der Waals surface area contributed by atoms with Crippen molar-refractivity contribution >= 4 is 46.8 Å². The molecule has 3 aromatic carbocycles. The van der Waals surface area contributed by atoms with Gasteiger partial charge in [-0.25, -0.2) is 0 Å². The summed E-state index contributed by atoms with van der Waals surface area (Å²) in [4.78, 5) is 29.7. The van der Waals surface area contributed by atoms with Crippen LogP contribution in [0.15, 0.2) is 83.8 Å². The molecule has 0 aliphatic heterocycles. The third kappa shape index (κ3) is 9.20. The fourth-order valence-corrected chi connectivity index (χ4v) is 5.03. The van der Waals surface area contributed by atoms with E-state index in [1.807, 2.05) is 79.7 Å². The summed E-state index contributed by atoms with van der Waals surface area (Å²) in [5.41, 5.74) is 1.91. The van der Waals surface area contributed by atoms with E-state index in [-0.39, 0.29) is 11.8 Å². The second-order valence-electron chi connectivity index (χ2n) is 8.55. The number of carbonyl (C=O) groups is 2. The number of rotatable bonds is 13. The third-order valence-corrected chi connectivity index (χ3v) is 7.26. The maximum atomic E-state index is 13.6. The lowest BCUT2D eigenvalue weighted by Crippen LogP contribution is -2.50. The molecule has 190 valence electrons. The number of carbonyl (C=O) groups excluding carboxylic acids is 2. The number of nitrogens with zero attached hydrogens (tertiary/aromatic N) is 1. The van der Waals surface area contributed by atoms with Crippen molar-refractivity contribution in [2.75, 3.05) is 12.3 Å². The molecule has 0 fully saturated rings. The van der Waals surface area contributed by atoms with Crippen LogP contribution in [0.1, 0.15) is 37.3 Å². The summed E-state index contributed by atoms with van der Waals surface area (Å²) in [5, 5.41) is 4.32.